The molecule has 0 aromatic rings. The molecule has 0 aromatic heterocycles. The highest BCUT2D eigenvalue weighted by Gasteiger charge is 2.62. The quantitative estimate of drug-likeness (QED) is 0.552. The van der Waals surface area contributed by atoms with Crippen molar-refractivity contribution in [3.05, 3.63) is 0 Å². The fraction of sp³-hybridized carbons (Fsp3) is 1.00. The summed E-state index contributed by atoms with van der Waals surface area (Å²) in [7, 11) is -2.10. The van der Waals surface area contributed by atoms with Gasteiger partial charge in [-0.15, -0.1) is 0 Å². The van der Waals surface area contributed by atoms with Gasteiger partial charge >= 0.3 is 13.2 Å². The van der Waals surface area contributed by atoms with Gasteiger partial charge in [0, 0.05) is 0 Å². The molecule has 0 atom stereocenters. The van der Waals surface area contributed by atoms with E-state index in [4.69, 9.17) is 9.31 Å². The Kier molecular flexibility index (Phi) is 2.20. The van der Waals surface area contributed by atoms with Crippen LogP contribution in [0.3, 0.4) is 0 Å². The molecule has 2 nitrogen and oxygen atoms in total. The lowest BCUT2D eigenvalue weighted by Crippen LogP contribution is -2.41. The Morgan fingerprint density at radius 1 is 0.923 bits per heavy atom. The highest BCUT2D eigenvalue weighted by molar-refractivity contribution is 6.47. The van der Waals surface area contributed by atoms with Crippen LogP contribution >= 0.6 is 0 Å². The predicted molar refractivity (Wildman–Crippen MR) is 42.1 cm³/mol. The molecule has 1 fully saturated rings. The Hall–Kier alpha value is -0.225. The summed E-state index contributed by atoms with van der Waals surface area (Å²) >= 11 is 0. The second-order valence-corrected chi connectivity index (χ2v) is 4.13. The molecule has 0 aromatic carbocycles. The largest absolute Gasteiger partial charge is 0.579 e. The number of hydrogen-bond donors (Lipinski definition) is 0. The molecule has 0 bridgehead atoms. The molecule has 1 rings (SSSR count). The first-order valence-corrected chi connectivity index (χ1v) is 3.99. The van der Waals surface area contributed by atoms with E-state index in [0.29, 0.717) is 0 Å². The van der Waals surface area contributed by atoms with Crippen molar-refractivity contribution in [1.29, 1.82) is 0 Å². The minimum Gasteiger partial charge on any atom is -0.397 e. The van der Waals surface area contributed by atoms with E-state index in [1.165, 1.54) is 0 Å². The summed E-state index contributed by atoms with van der Waals surface area (Å²) in [5, 5.41) is 0. The van der Waals surface area contributed by atoms with Crippen LogP contribution < -0.4 is 0 Å². The van der Waals surface area contributed by atoms with Crippen molar-refractivity contribution in [3.63, 3.8) is 0 Å². The molecule has 13 heavy (non-hydrogen) atoms. The Bertz CT molecular complexity index is 196. The van der Waals surface area contributed by atoms with Crippen LogP contribution in [-0.2, 0) is 9.31 Å². The van der Waals surface area contributed by atoms with Crippen molar-refractivity contribution in [2.45, 2.75) is 45.0 Å². The Labute approximate surface area is 75.5 Å². The molecule has 0 unspecified atom stereocenters. The third kappa shape index (κ3) is 1.83. The van der Waals surface area contributed by atoms with Crippen molar-refractivity contribution in [1.82, 2.24) is 0 Å². The van der Waals surface area contributed by atoms with Crippen molar-refractivity contribution >= 4 is 7.12 Å². The average molecular weight is 196 g/mol. The highest BCUT2D eigenvalue weighted by Crippen LogP contribution is 2.41. The first kappa shape index (κ1) is 10.9. The van der Waals surface area contributed by atoms with Crippen molar-refractivity contribution in [2.24, 2.45) is 0 Å². The molecule has 1 aliphatic heterocycles. The Morgan fingerprint density at radius 3 is 1.38 bits per heavy atom. The zero-order valence-electron chi connectivity index (χ0n) is 8.03. The molecule has 0 spiro atoms. The molecular formula is C7H12BF3O2. The van der Waals surface area contributed by atoms with Gasteiger partial charge in [-0.2, -0.15) is 13.2 Å². The molecule has 0 amide bonds. The van der Waals surface area contributed by atoms with Gasteiger partial charge in [0.05, 0.1) is 11.2 Å². The van der Waals surface area contributed by atoms with Crippen LogP contribution in [-0.4, -0.2) is 24.4 Å². The topological polar surface area (TPSA) is 18.5 Å². The van der Waals surface area contributed by atoms with Crippen LogP contribution in [0.1, 0.15) is 27.7 Å². The number of hydrogen-bond acceptors (Lipinski definition) is 2. The van der Waals surface area contributed by atoms with E-state index in [2.05, 4.69) is 0 Å². The minimum atomic E-state index is -4.45. The van der Waals surface area contributed by atoms with Gasteiger partial charge in [-0.1, -0.05) is 0 Å². The molecule has 6 heteroatoms. The second-order valence-electron chi connectivity index (χ2n) is 4.13. The maximum absolute atomic E-state index is 12.2. The average Bonchev–Trinajstić information content (AvgIpc) is 2.00. The summed E-state index contributed by atoms with van der Waals surface area (Å²) in [6, 6.07) is 0. The smallest absolute Gasteiger partial charge is 0.397 e. The molecule has 1 heterocycles. The maximum Gasteiger partial charge on any atom is 0.579 e. The molecule has 0 aliphatic carbocycles. The molecular weight excluding hydrogens is 184 g/mol. The zero-order chi connectivity index (χ0) is 10.5. The molecule has 1 saturated heterocycles. The first-order valence-electron chi connectivity index (χ1n) is 3.99. The Balaban J connectivity index is 2.83. The molecule has 76 valence electrons. The Morgan fingerprint density at radius 2 is 1.23 bits per heavy atom. The van der Waals surface area contributed by atoms with Crippen molar-refractivity contribution < 1.29 is 22.5 Å². The minimum absolute atomic E-state index is 0.923. The van der Waals surface area contributed by atoms with Crippen LogP contribution in [0.15, 0.2) is 0 Å². The van der Waals surface area contributed by atoms with Crippen molar-refractivity contribution in [2.75, 3.05) is 0 Å². The van der Waals surface area contributed by atoms with Crippen LogP contribution in [0, 0.1) is 0 Å². The van der Waals surface area contributed by atoms with E-state index >= 15 is 0 Å². The SMILES string of the molecule is CC1(C)OB(C(F)(F)F)OC1(C)C. The summed E-state index contributed by atoms with van der Waals surface area (Å²) in [6.45, 7) is 6.33. The van der Waals surface area contributed by atoms with E-state index < -0.39 is 24.4 Å². The van der Waals surface area contributed by atoms with Crippen LogP contribution in [0.25, 0.3) is 0 Å². The fourth-order valence-electron chi connectivity index (χ4n) is 0.977. The van der Waals surface area contributed by atoms with Crippen molar-refractivity contribution in [3.8, 4) is 0 Å². The number of rotatable bonds is 0. The van der Waals surface area contributed by atoms with Gasteiger partial charge in [0.1, 0.15) is 0 Å². The van der Waals surface area contributed by atoms with E-state index in [9.17, 15) is 13.2 Å². The van der Waals surface area contributed by atoms with E-state index in [-0.39, 0.29) is 0 Å². The molecule has 0 N–H and O–H groups in total. The molecule has 0 saturated carbocycles. The monoisotopic (exact) mass is 196 g/mol. The van der Waals surface area contributed by atoms with Gasteiger partial charge in [0.25, 0.3) is 0 Å². The third-order valence-electron chi connectivity index (χ3n) is 2.52. The van der Waals surface area contributed by atoms with Gasteiger partial charge in [-0.05, 0) is 27.7 Å². The predicted octanol–water partition coefficient (Wildman–Crippen LogP) is 2.18. The number of halogens is 3. The standard InChI is InChI=1S/C7H12BF3O2/c1-5(2)6(3,4)13-8(12-5)7(9,10)11/h1-4H3. The van der Waals surface area contributed by atoms with Gasteiger partial charge in [-0.3, -0.25) is 0 Å². The summed E-state index contributed by atoms with van der Waals surface area (Å²) < 4.78 is 46.2. The van der Waals surface area contributed by atoms with E-state index in [1.54, 1.807) is 27.7 Å². The summed E-state index contributed by atoms with van der Waals surface area (Å²) in [4.78, 5) is 0. The lowest BCUT2D eigenvalue weighted by atomic mass is 9.90. The zero-order valence-corrected chi connectivity index (χ0v) is 8.03. The van der Waals surface area contributed by atoms with Gasteiger partial charge in [-0.25, -0.2) is 0 Å². The lowest BCUT2D eigenvalue weighted by molar-refractivity contribution is -0.0802. The molecule has 0 radical (unpaired) electrons. The van der Waals surface area contributed by atoms with E-state index in [1.807, 2.05) is 0 Å². The molecule has 1 aliphatic rings. The third-order valence-corrected chi connectivity index (χ3v) is 2.52. The summed E-state index contributed by atoms with van der Waals surface area (Å²) in [5.74, 6) is 0. The van der Waals surface area contributed by atoms with Crippen LogP contribution in [0.5, 0.6) is 0 Å². The highest BCUT2D eigenvalue weighted by atomic mass is 19.4. The normalized spacial score (nSPS) is 26.5. The van der Waals surface area contributed by atoms with Gasteiger partial charge in [0.2, 0.25) is 0 Å². The summed E-state index contributed by atoms with van der Waals surface area (Å²) in [6.07, 6.45) is -4.45. The fourth-order valence-corrected chi connectivity index (χ4v) is 0.977. The van der Waals surface area contributed by atoms with Gasteiger partial charge < -0.3 is 9.31 Å². The van der Waals surface area contributed by atoms with Gasteiger partial charge in [0.15, 0.2) is 0 Å². The van der Waals surface area contributed by atoms with E-state index in [0.717, 1.165) is 0 Å². The van der Waals surface area contributed by atoms with Crippen LogP contribution in [0.2, 0.25) is 0 Å². The first-order chi connectivity index (χ1) is 5.56. The van der Waals surface area contributed by atoms with Crippen LogP contribution in [0.4, 0.5) is 13.2 Å². The number of alkyl halides is 3. The summed E-state index contributed by atoms with van der Waals surface area (Å²) in [5.41, 5.74) is -1.85. The second kappa shape index (κ2) is 2.64. The lowest BCUT2D eigenvalue weighted by Gasteiger charge is -2.32. The maximum atomic E-state index is 12.2.